The first-order valence-electron chi connectivity index (χ1n) is 21.2. The molecular formula is C58H36N4. The second-order valence-electron chi connectivity index (χ2n) is 16.3. The lowest BCUT2D eigenvalue weighted by Crippen LogP contribution is -2.25. The van der Waals surface area contributed by atoms with Crippen LogP contribution in [0.2, 0.25) is 0 Å². The summed E-state index contributed by atoms with van der Waals surface area (Å²) in [6.07, 6.45) is 0. The summed E-state index contributed by atoms with van der Waals surface area (Å²) >= 11 is 0. The van der Waals surface area contributed by atoms with Gasteiger partial charge in [0, 0.05) is 33.2 Å². The van der Waals surface area contributed by atoms with E-state index >= 15 is 0 Å². The summed E-state index contributed by atoms with van der Waals surface area (Å²) < 4.78 is 2.33. The van der Waals surface area contributed by atoms with E-state index in [2.05, 4.69) is 205 Å². The zero-order valence-corrected chi connectivity index (χ0v) is 33.6. The van der Waals surface area contributed by atoms with Crippen LogP contribution in [0.3, 0.4) is 0 Å². The molecule has 0 saturated carbocycles. The van der Waals surface area contributed by atoms with Gasteiger partial charge in [-0.25, -0.2) is 15.0 Å². The molecular weight excluding hydrogens is 753 g/mol. The molecule has 0 fully saturated rings. The van der Waals surface area contributed by atoms with Gasteiger partial charge >= 0.3 is 0 Å². The summed E-state index contributed by atoms with van der Waals surface area (Å²) in [6.45, 7) is 0. The highest BCUT2D eigenvalue weighted by Gasteiger charge is 2.51. The minimum absolute atomic E-state index is 0.370. The third kappa shape index (κ3) is 4.92. The van der Waals surface area contributed by atoms with Gasteiger partial charge < -0.3 is 4.57 Å². The fourth-order valence-electron chi connectivity index (χ4n) is 10.5. The number of fused-ring (bicyclic) bond motifs is 13. The second-order valence-corrected chi connectivity index (χ2v) is 16.3. The summed E-state index contributed by atoms with van der Waals surface area (Å²) in [5.74, 6) is 1.90. The Labute approximate surface area is 359 Å². The minimum Gasteiger partial charge on any atom is -0.309 e. The van der Waals surface area contributed by atoms with Crippen molar-refractivity contribution in [2.24, 2.45) is 0 Å². The molecule has 4 heteroatoms. The number of rotatable bonds is 5. The van der Waals surface area contributed by atoms with Crippen molar-refractivity contribution in [2.45, 2.75) is 5.41 Å². The zero-order chi connectivity index (χ0) is 40.8. The first-order chi connectivity index (χ1) is 30.8. The fourth-order valence-corrected chi connectivity index (χ4v) is 10.5. The van der Waals surface area contributed by atoms with Crippen molar-refractivity contribution in [1.29, 1.82) is 0 Å². The Balaban J connectivity index is 0.980. The van der Waals surface area contributed by atoms with E-state index in [1.54, 1.807) is 0 Å². The van der Waals surface area contributed by atoms with Crippen molar-refractivity contribution in [1.82, 2.24) is 19.5 Å². The summed E-state index contributed by atoms with van der Waals surface area (Å²) in [5.41, 5.74) is 18.6. The topological polar surface area (TPSA) is 43.6 Å². The standard InChI is InChI=1S/C58H36N4/c1-3-17-37(18-4-1)55-59-56(61-57(60-55)46-27-16-32-53-54(46)45-26-10-14-31-52(45)62(53)41-21-5-2-6-22-41)40-20-15-19-38(35-40)39-33-34-51-47(36-39)44-25-9-13-30-50(44)58(51)48-28-11-7-23-42(48)43-24-8-12-29-49(43)58/h1-36H. The predicted octanol–water partition coefficient (Wildman–Crippen LogP) is 14.0. The molecule has 4 nitrogen and oxygen atoms in total. The Morgan fingerprint density at radius 3 is 1.52 bits per heavy atom. The highest BCUT2D eigenvalue weighted by atomic mass is 15.0. The van der Waals surface area contributed by atoms with Gasteiger partial charge in [-0.1, -0.05) is 182 Å². The van der Waals surface area contributed by atoms with Gasteiger partial charge in [0.25, 0.3) is 0 Å². The first-order valence-corrected chi connectivity index (χ1v) is 21.2. The van der Waals surface area contributed by atoms with Gasteiger partial charge in [0.1, 0.15) is 0 Å². The normalized spacial score (nSPS) is 13.0. The molecule has 62 heavy (non-hydrogen) atoms. The predicted molar refractivity (Wildman–Crippen MR) is 252 cm³/mol. The molecule has 0 atom stereocenters. The van der Waals surface area contributed by atoms with Gasteiger partial charge in [0.2, 0.25) is 0 Å². The molecule has 2 aliphatic carbocycles. The molecule has 2 heterocycles. The minimum atomic E-state index is -0.370. The van der Waals surface area contributed by atoms with E-state index in [1.807, 2.05) is 18.2 Å². The van der Waals surface area contributed by atoms with Gasteiger partial charge in [-0.2, -0.15) is 0 Å². The molecule has 9 aromatic carbocycles. The van der Waals surface area contributed by atoms with E-state index in [-0.39, 0.29) is 5.41 Å². The lowest BCUT2D eigenvalue weighted by Gasteiger charge is -2.30. The van der Waals surface area contributed by atoms with Crippen LogP contribution in [0.5, 0.6) is 0 Å². The molecule has 2 aliphatic rings. The zero-order valence-electron chi connectivity index (χ0n) is 33.6. The summed E-state index contributed by atoms with van der Waals surface area (Å²) in [6, 6.07) is 78.4. The average molecular weight is 789 g/mol. The van der Waals surface area contributed by atoms with E-state index < -0.39 is 0 Å². The van der Waals surface area contributed by atoms with Crippen LogP contribution < -0.4 is 0 Å². The van der Waals surface area contributed by atoms with E-state index in [0.29, 0.717) is 17.5 Å². The molecule has 11 aromatic rings. The molecule has 1 spiro atoms. The Morgan fingerprint density at radius 1 is 0.306 bits per heavy atom. The van der Waals surface area contributed by atoms with Crippen LogP contribution in [0, 0.1) is 0 Å². The van der Waals surface area contributed by atoms with Gasteiger partial charge in [-0.3, -0.25) is 0 Å². The average Bonchev–Trinajstić information content (AvgIpc) is 3.96. The molecule has 0 saturated heterocycles. The van der Waals surface area contributed by atoms with Crippen molar-refractivity contribution in [3.63, 3.8) is 0 Å². The first kappa shape index (κ1) is 34.6. The van der Waals surface area contributed by atoms with Crippen molar-refractivity contribution in [3.05, 3.63) is 241 Å². The van der Waals surface area contributed by atoms with E-state index in [1.165, 1.54) is 44.5 Å². The Morgan fingerprint density at radius 2 is 0.790 bits per heavy atom. The Bertz CT molecular complexity index is 3540. The molecule has 288 valence electrons. The smallest absolute Gasteiger partial charge is 0.164 e. The Kier molecular flexibility index (Phi) is 7.49. The number of aromatic nitrogens is 4. The third-order valence-electron chi connectivity index (χ3n) is 13.1. The number of hydrogen-bond acceptors (Lipinski definition) is 3. The maximum Gasteiger partial charge on any atom is 0.164 e. The quantitative estimate of drug-likeness (QED) is 0.174. The summed E-state index contributed by atoms with van der Waals surface area (Å²) in [4.78, 5) is 15.7. The SMILES string of the molecule is c1ccc(-c2nc(-c3cccc(-c4ccc5c(c4)-c4ccccc4C54c5ccccc5-c5ccccc54)c3)nc(-c3cccc4c3c3ccccc3n4-c3ccccc3)n2)cc1. The van der Waals surface area contributed by atoms with Crippen LogP contribution in [-0.2, 0) is 5.41 Å². The van der Waals surface area contributed by atoms with Crippen LogP contribution in [0.1, 0.15) is 22.3 Å². The van der Waals surface area contributed by atoms with Crippen LogP contribution >= 0.6 is 0 Å². The van der Waals surface area contributed by atoms with Crippen molar-refractivity contribution in [3.8, 4) is 73.2 Å². The molecule has 0 bridgehead atoms. The summed E-state index contributed by atoms with van der Waals surface area (Å²) in [7, 11) is 0. The molecule has 0 radical (unpaired) electrons. The van der Waals surface area contributed by atoms with Crippen molar-refractivity contribution in [2.75, 3.05) is 0 Å². The van der Waals surface area contributed by atoms with Crippen LogP contribution in [0.15, 0.2) is 218 Å². The molecule has 0 unspecified atom stereocenters. The molecule has 2 aromatic heterocycles. The highest BCUT2D eigenvalue weighted by molar-refractivity contribution is 6.15. The summed E-state index contributed by atoms with van der Waals surface area (Å²) in [5, 5.41) is 2.26. The number of benzene rings is 9. The maximum absolute atomic E-state index is 5.32. The van der Waals surface area contributed by atoms with Gasteiger partial charge in [0.05, 0.1) is 16.4 Å². The molecule has 13 rings (SSSR count). The van der Waals surface area contributed by atoms with Crippen LogP contribution in [0.25, 0.3) is 95.0 Å². The maximum atomic E-state index is 5.32. The molecule has 0 N–H and O–H groups in total. The van der Waals surface area contributed by atoms with Crippen LogP contribution in [-0.4, -0.2) is 19.5 Å². The molecule has 0 aliphatic heterocycles. The lowest BCUT2D eigenvalue weighted by molar-refractivity contribution is 0.794. The largest absolute Gasteiger partial charge is 0.309 e. The van der Waals surface area contributed by atoms with Gasteiger partial charge in [-0.15, -0.1) is 0 Å². The van der Waals surface area contributed by atoms with E-state index in [0.717, 1.165) is 55.3 Å². The number of nitrogens with zero attached hydrogens (tertiary/aromatic N) is 4. The number of para-hydroxylation sites is 2. The monoisotopic (exact) mass is 788 g/mol. The fraction of sp³-hybridized carbons (Fsp3) is 0.0172. The van der Waals surface area contributed by atoms with Gasteiger partial charge in [-0.05, 0) is 92.0 Å². The third-order valence-corrected chi connectivity index (χ3v) is 13.1. The highest BCUT2D eigenvalue weighted by Crippen LogP contribution is 2.63. The van der Waals surface area contributed by atoms with Crippen LogP contribution in [0.4, 0.5) is 0 Å². The Hall–Kier alpha value is -8.21. The number of hydrogen-bond donors (Lipinski definition) is 0. The molecule has 0 amide bonds. The lowest BCUT2D eigenvalue weighted by atomic mass is 9.70. The van der Waals surface area contributed by atoms with Gasteiger partial charge in [0.15, 0.2) is 17.5 Å². The van der Waals surface area contributed by atoms with E-state index in [9.17, 15) is 0 Å². The van der Waals surface area contributed by atoms with Crippen molar-refractivity contribution >= 4 is 21.8 Å². The van der Waals surface area contributed by atoms with E-state index in [4.69, 9.17) is 15.0 Å². The van der Waals surface area contributed by atoms with Crippen molar-refractivity contribution < 1.29 is 0 Å². The second kappa shape index (κ2) is 13.4.